The fourth-order valence-corrected chi connectivity index (χ4v) is 2.68. The monoisotopic (exact) mass is 301 g/mol. The summed E-state index contributed by atoms with van der Waals surface area (Å²) in [5.41, 5.74) is 0.593. The Morgan fingerprint density at radius 2 is 2.36 bits per heavy atom. The predicted octanol–water partition coefficient (Wildman–Crippen LogP) is 1.93. The number of hydrogen-bond acceptors (Lipinski definition) is 4. The van der Waals surface area contributed by atoms with Gasteiger partial charge in [-0.15, -0.1) is 0 Å². The van der Waals surface area contributed by atoms with Gasteiger partial charge in [0.1, 0.15) is 12.4 Å². The van der Waals surface area contributed by atoms with Crippen molar-refractivity contribution in [2.24, 2.45) is 0 Å². The minimum Gasteiger partial charge on any atom is -0.492 e. The van der Waals surface area contributed by atoms with Crippen molar-refractivity contribution in [3.8, 4) is 11.8 Å². The third-order valence-electron chi connectivity index (χ3n) is 3.88. The first-order valence-electron chi connectivity index (χ1n) is 7.89. The number of ether oxygens (including phenoxy) is 1. The third-order valence-corrected chi connectivity index (χ3v) is 3.88. The predicted molar refractivity (Wildman–Crippen MR) is 84.5 cm³/mol. The van der Waals surface area contributed by atoms with Gasteiger partial charge in [0.15, 0.2) is 0 Å². The normalized spacial score (nSPS) is 18.5. The third kappa shape index (κ3) is 4.47. The number of carbonyl (C=O) groups is 1. The molecule has 22 heavy (non-hydrogen) atoms. The van der Waals surface area contributed by atoms with E-state index in [2.05, 4.69) is 23.2 Å². The van der Waals surface area contributed by atoms with Gasteiger partial charge in [0.05, 0.1) is 17.7 Å². The maximum Gasteiger partial charge on any atom is 0.237 e. The van der Waals surface area contributed by atoms with Crippen LogP contribution in [-0.2, 0) is 4.79 Å². The standard InChI is InChI=1S/C17H23N3O2/c1-2-3-7-16-17(21)19-8-9-20(16)10-11-22-15-6-4-5-14(12-15)13-18/h4-6,12,16H,2-3,7-11H2,1H3,(H,19,21)/t16-/m1/s1. The second-order valence-corrected chi connectivity index (χ2v) is 5.47. The van der Waals surface area contributed by atoms with E-state index in [9.17, 15) is 4.79 Å². The molecule has 0 unspecified atom stereocenters. The molecule has 1 heterocycles. The van der Waals surface area contributed by atoms with E-state index in [4.69, 9.17) is 10.00 Å². The van der Waals surface area contributed by atoms with E-state index in [1.807, 2.05) is 12.1 Å². The molecule has 1 fully saturated rings. The Bertz CT molecular complexity index is 539. The first kappa shape index (κ1) is 16.3. The number of hydrogen-bond donors (Lipinski definition) is 1. The van der Waals surface area contributed by atoms with Crippen LogP contribution in [0.15, 0.2) is 24.3 Å². The lowest BCUT2D eigenvalue weighted by Crippen LogP contribution is -2.56. The molecule has 5 nitrogen and oxygen atoms in total. The lowest BCUT2D eigenvalue weighted by Gasteiger charge is -2.34. The highest BCUT2D eigenvalue weighted by molar-refractivity contribution is 5.82. The molecule has 1 aliphatic heterocycles. The number of carbonyl (C=O) groups excluding carboxylic acids is 1. The van der Waals surface area contributed by atoms with E-state index < -0.39 is 0 Å². The van der Waals surface area contributed by atoms with Gasteiger partial charge >= 0.3 is 0 Å². The molecule has 5 heteroatoms. The Hall–Kier alpha value is -2.06. The summed E-state index contributed by atoms with van der Waals surface area (Å²) >= 11 is 0. The molecule has 0 radical (unpaired) electrons. The number of nitrogens with zero attached hydrogens (tertiary/aromatic N) is 2. The molecule has 0 aromatic heterocycles. The average Bonchev–Trinajstić information content (AvgIpc) is 2.54. The SMILES string of the molecule is CCCC[C@@H]1C(=O)NCCN1CCOc1cccc(C#N)c1. The van der Waals surface area contributed by atoms with Crippen LogP contribution in [0.3, 0.4) is 0 Å². The number of benzene rings is 1. The summed E-state index contributed by atoms with van der Waals surface area (Å²) in [5, 5.41) is 11.8. The van der Waals surface area contributed by atoms with Crippen molar-refractivity contribution in [3.05, 3.63) is 29.8 Å². The molecule has 118 valence electrons. The van der Waals surface area contributed by atoms with Crippen molar-refractivity contribution in [2.75, 3.05) is 26.2 Å². The lowest BCUT2D eigenvalue weighted by molar-refractivity contribution is -0.129. The fourth-order valence-electron chi connectivity index (χ4n) is 2.68. The van der Waals surface area contributed by atoms with Gasteiger partial charge in [-0.3, -0.25) is 9.69 Å². The van der Waals surface area contributed by atoms with Crippen LogP contribution in [0.5, 0.6) is 5.75 Å². The number of piperazine rings is 1. The zero-order chi connectivity index (χ0) is 15.8. The quantitative estimate of drug-likeness (QED) is 0.835. The van der Waals surface area contributed by atoms with Crippen LogP contribution < -0.4 is 10.1 Å². The number of nitriles is 1. The molecule has 2 rings (SSSR count). The van der Waals surface area contributed by atoms with Gasteiger partial charge in [-0.25, -0.2) is 0 Å². The highest BCUT2D eigenvalue weighted by Gasteiger charge is 2.28. The first-order valence-corrected chi connectivity index (χ1v) is 7.89. The number of amides is 1. The van der Waals surface area contributed by atoms with Gasteiger partial charge in [0.2, 0.25) is 5.91 Å². The second kappa shape index (κ2) is 8.40. The number of nitrogens with one attached hydrogen (secondary N) is 1. The second-order valence-electron chi connectivity index (χ2n) is 5.47. The summed E-state index contributed by atoms with van der Waals surface area (Å²) in [7, 11) is 0. The summed E-state index contributed by atoms with van der Waals surface area (Å²) in [5.74, 6) is 0.830. The van der Waals surface area contributed by atoms with Gasteiger partial charge in [0, 0.05) is 19.6 Å². The van der Waals surface area contributed by atoms with E-state index in [0.717, 1.165) is 32.4 Å². The maximum atomic E-state index is 12.0. The molecule has 1 amide bonds. The smallest absolute Gasteiger partial charge is 0.237 e. The van der Waals surface area contributed by atoms with E-state index in [1.165, 1.54) is 0 Å². The van der Waals surface area contributed by atoms with Gasteiger partial charge in [-0.05, 0) is 24.6 Å². The Morgan fingerprint density at radius 1 is 1.50 bits per heavy atom. The summed E-state index contributed by atoms with van der Waals surface area (Å²) in [4.78, 5) is 14.2. The van der Waals surface area contributed by atoms with Crippen molar-refractivity contribution < 1.29 is 9.53 Å². The van der Waals surface area contributed by atoms with Crippen molar-refractivity contribution in [2.45, 2.75) is 32.2 Å². The summed E-state index contributed by atoms with van der Waals surface area (Å²) in [6.45, 7) is 4.94. The molecule has 0 aliphatic carbocycles. The summed E-state index contributed by atoms with van der Waals surface area (Å²) in [6.07, 6.45) is 3.04. The first-order chi connectivity index (χ1) is 10.7. The summed E-state index contributed by atoms with van der Waals surface area (Å²) in [6, 6.07) is 9.20. The zero-order valence-electron chi connectivity index (χ0n) is 13.0. The molecule has 1 N–H and O–H groups in total. The minimum absolute atomic E-state index is 0.0391. The Kier molecular flexibility index (Phi) is 6.23. The van der Waals surface area contributed by atoms with E-state index in [1.54, 1.807) is 12.1 Å². The van der Waals surface area contributed by atoms with E-state index in [-0.39, 0.29) is 11.9 Å². The van der Waals surface area contributed by atoms with Crippen LogP contribution in [0.1, 0.15) is 31.7 Å². The van der Waals surface area contributed by atoms with Crippen molar-refractivity contribution >= 4 is 5.91 Å². The van der Waals surface area contributed by atoms with Gasteiger partial charge in [-0.2, -0.15) is 5.26 Å². The molecule has 1 aliphatic rings. The minimum atomic E-state index is -0.0391. The molecular formula is C17H23N3O2. The number of unbranched alkanes of at least 4 members (excludes halogenated alkanes) is 1. The van der Waals surface area contributed by atoms with Crippen molar-refractivity contribution in [1.29, 1.82) is 5.26 Å². The van der Waals surface area contributed by atoms with Gasteiger partial charge in [0.25, 0.3) is 0 Å². The lowest BCUT2D eigenvalue weighted by atomic mass is 10.1. The highest BCUT2D eigenvalue weighted by atomic mass is 16.5. The molecule has 1 saturated heterocycles. The van der Waals surface area contributed by atoms with Crippen LogP contribution in [0.4, 0.5) is 0 Å². The number of rotatable bonds is 7. The van der Waals surface area contributed by atoms with E-state index in [0.29, 0.717) is 24.5 Å². The maximum absolute atomic E-state index is 12.0. The molecule has 1 aromatic rings. The van der Waals surface area contributed by atoms with Crippen LogP contribution in [0.2, 0.25) is 0 Å². The average molecular weight is 301 g/mol. The van der Waals surface area contributed by atoms with Gasteiger partial charge in [-0.1, -0.05) is 25.8 Å². The largest absolute Gasteiger partial charge is 0.492 e. The van der Waals surface area contributed by atoms with E-state index >= 15 is 0 Å². The molecule has 0 saturated carbocycles. The van der Waals surface area contributed by atoms with Crippen molar-refractivity contribution in [3.63, 3.8) is 0 Å². The molecule has 0 bridgehead atoms. The van der Waals surface area contributed by atoms with Crippen molar-refractivity contribution in [1.82, 2.24) is 10.2 Å². The van der Waals surface area contributed by atoms with Crippen LogP contribution in [-0.4, -0.2) is 43.1 Å². The van der Waals surface area contributed by atoms with Gasteiger partial charge < -0.3 is 10.1 Å². The zero-order valence-corrected chi connectivity index (χ0v) is 13.0. The van der Waals surface area contributed by atoms with Crippen LogP contribution >= 0.6 is 0 Å². The van der Waals surface area contributed by atoms with Crippen LogP contribution in [0, 0.1) is 11.3 Å². The Morgan fingerprint density at radius 3 is 3.14 bits per heavy atom. The molecular weight excluding hydrogens is 278 g/mol. The molecule has 0 spiro atoms. The highest BCUT2D eigenvalue weighted by Crippen LogP contribution is 2.14. The molecule has 1 aromatic carbocycles. The Labute approximate surface area is 131 Å². The fraction of sp³-hybridized carbons (Fsp3) is 0.529. The topological polar surface area (TPSA) is 65.4 Å². The molecule has 1 atom stereocenters. The summed E-state index contributed by atoms with van der Waals surface area (Å²) < 4.78 is 5.71. The van der Waals surface area contributed by atoms with Crippen LogP contribution in [0.25, 0.3) is 0 Å². The Balaban J connectivity index is 1.85.